The summed E-state index contributed by atoms with van der Waals surface area (Å²) in [6.45, 7) is 0.808. The lowest BCUT2D eigenvalue weighted by Gasteiger charge is -2.29. The molecule has 29 nitrogen and oxygen atoms in total. The summed E-state index contributed by atoms with van der Waals surface area (Å²) in [4.78, 5) is 153. The predicted molar refractivity (Wildman–Crippen MR) is 284 cm³/mol. The SMILES string of the molecule is CSCC[C@H](NC(=O)[C@H](Cc1ccc(O)cc1)NC(=O)CNC(=O)[C@@H](NC(=O)[C@H](CO)NC(=O)[C@H](CO)NC(=O)[C@H](CCC(N)=O)NC(=O)[C@@H]1CCCN1C(=O)[C@@H](N)CCCCN)C(C)C)C(=O)N[C@@H](Cc1cnc[nH]1)C(=O)O. The Morgan fingerprint density at radius 1 is 0.747 bits per heavy atom. The van der Waals surface area contributed by atoms with Crippen LogP contribution in [0.1, 0.15) is 76.5 Å². The van der Waals surface area contributed by atoms with Crippen LogP contribution in [0.15, 0.2) is 36.8 Å². The number of carbonyl (C=O) groups is 11. The molecule has 2 heterocycles. The second kappa shape index (κ2) is 33.8. The third-order valence-corrected chi connectivity index (χ3v) is 13.2. The molecule has 0 spiro atoms. The van der Waals surface area contributed by atoms with Crippen LogP contribution in [0.5, 0.6) is 5.75 Å². The summed E-state index contributed by atoms with van der Waals surface area (Å²) < 4.78 is 0. The number of H-pyrrole nitrogens is 1. The number of nitrogens with two attached hydrogens (primary N) is 3. The van der Waals surface area contributed by atoms with Crippen molar-refractivity contribution in [3.63, 3.8) is 0 Å². The van der Waals surface area contributed by atoms with E-state index in [1.165, 1.54) is 67.3 Å². The number of aromatic amines is 1. The largest absolute Gasteiger partial charge is 0.508 e. The van der Waals surface area contributed by atoms with Gasteiger partial charge in [-0.2, -0.15) is 11.8 Å². The number of hydrogen-bond donors (Lipinski definition) is 16. The lowest BCUT2D eigenvalue weighted by molar-refractivity contribution is -0.142. The van der Waals surface area contributed by atoms with Crippen molar-refractivity contribution in [3.05, 3.63) is 48.0 Å². The van der Waals surface area contributed by atoms with E-state index in [-0.39, 0.29) is 44.4 Å². The number of aliphatic hydroxyl groups excluding tert-OH is 2. The number of rotatable bonds is 35. The average molecular weight is 1130 g/mol. The molecule has 1 saturated heterocycles. The first-order valence-electron chi connectivity index (χ1n) is 25.7. The minimum Gasteiger partial charge on any atom is -0.508 e. The first-order valence-corrected chi connectivity index (χ1v) is 27.0. The number of carboxylic acids is 1. The van der Waals surface area contributed by atoms with E-state index in [0.29, 0.717) is 49.2 Å². The van der Waals surface area contributed by atoms with Crippen molar-refractivity contribution >= 4 is 76.8 Å². The van der Waals surface area contributed by atoms with Crippen molar-refractivity contribution in [2.45, 2.75) is 132 Å². The number of benzene rings is 1. The van der Waals surface area contributed by atoms with Crippen LogP contribution in [0.4, 0.5) is 0 Å². The fourth-order valence-electron chi connectivity index (χ4n) is 8.16. The van der Waals surface area contributed by atoms with E-state index in [1.54, 1.807) is 6.26 Å². The first-order chi connectivity index (χ1) is 37.5. The van der Waals surface area contributed by atoms with E-state index >= 15 is 0 Å². The second-order valence-corrected chi connectivity index (χ2v) is 20.1. The molecule has 3 rings (SSSR count). The Morgan fingerprint density at radius 2 is 1.33 bits per heavy atom. The van der Waals surface area contributed by atoms with Crippen molar-refractivity contribution in [2.24, 2.45) is 23.1 Å². The van der Waals surface area contributed by atoms with Gasteiger partial charge < -0.3 is 90.0 Å². The van der Waals surface area contributed by atoms with Gasteiger partial charge in [0.25, 0.3) is 0 Å². The van der Waals surface area contributed by atoms with E-state index in [9.17, 15) is 73.2 Å². The highest BCUT2D eigenvalue weighted by Crippen LogP contribution is 2.20. The molecule has 1 aliphatic rings. The van der Waals surface area contributed by atoms with Gasteiger partial charge in [0.2, 0.25) is 59.1 Å². The number of carbonyl (C=O) groups excluding carboxylic acids is 10. The van der Waals surface area contributed by atoms with Gasteiger partial charge in [0.15, 0.2) is 0 Å². The second-order valence-electron chi connectivity index (χ2n) is 19.1. The number of amides is 10. The van der Waals surface area contributed by atoms with Gasteiger partial charge in [-0.15, -0.1) is 0 Å². The van der Waals surface area contributed by atoms with Crippen molar-refractivity contribution in [1.29, 1.82) is 0 Å². The zero-order valence-corrected chi connectivity index (χ0v) is 45.2. The number of thioether (sulfide) groups is 1. The van der Waals surface area contributed by atoms with Gasteiger partial charge in [-0.05, 0) is 80.7 Å². The summed E-state index contributed by atoms with van der Waals surface area (Å²) in [6, 6.07) is -6.83. The summed E-state index contributed by atoms with van der Waals surface area (Å²) in [7, 11) is 0. The minimum atomic E-state index is -1.80. The zero-order valence-electron chi connectivity index (χ0n) is 44.4. The Bertz CT molecular complexity index is 2380. The van der Waals surface area contributed by atoms with Crippen LogP contribution < -0.4 is 59.7 Å². The Labute approximate surface area is 460 Å². The lowest BCUT2D eigenvalue weighted by atomic mass is 10.0. The molecule has 30 heteroatoms. The van der Waals surface area contributed by atoms with Crippen LogP contribution in [-0.4, -0.2) is 200 Å². The number of phenols is 1. The number of likely N-dealkylation sites (tertiary alicyclic amines) is 1. The normalized spacial score (nSPS) is 16.1. The topological polar surface area (TPSA) is 475 Å². The first kappa shape index (κ1) is 65.9. The molecule has 0 bridgehead atoms. The van der Waals surface area contributed by atoms with E-state index in [4.69, 9.17) is 17.2 Å². The number of imidazole rings is 1. The Kier molecular flexibility index (Phi) is 28.2. The number of nitrogens with zero attached hydrogens (tertiary/aromatic N) is 2. The molecule has 9 atom stereocenters. The fraction of sp³-hybridized carbons (Fsp3) is 0.592. The van der Waals surface area contributed by atoms with Gasteiger partial charge in [-0.3, -0.25) is 47.9 Å². The number of primary amides is 1. The highest BCUT2D eigenvalue weighted by atomic mass is 32.2. The maximum Gasteiger partial charge on any atom is 0.326 e. The Morgan fingerprint density at radius 3 is 1.89 bits per heavy atom. The monoisotopic (exact) mass is 1130 g/mol. The molecule has 1 aliphatic heterocycles. The van der Waals surface area contributed by atoms with Crippen LogP contribution in [0.25, 0.3) is 0 Å². The molecule has 1 fully saturated rings. The van der Waals surface area contributed by atoms with Gasteiger partial charge in [-0.1, -0.05) is 32.4 Å². The van der Waals surface area contributed by atoms with Gasteiger partial charge in [0.1, 0.15) is 54.1 Å². The number of aromatic nitrogens is 2. The molecule has 438 valence electrons. The fourth-order valence-corrected chi connectivity index (χ4v) is 8.63. The molecule has 0 aliphatic carbocycles. The van der Waals surface area contributed by atoms with E-state index in [2.05, 4.69) is 52.5 Å². The number of phenolic OH excluding ortho intramolecular Hbond substituents is 1. The third-order valence-electron chi connectivity index (χ3n) is 12.6. The lowest BCUT2D eigenvalue weighted by Crippen LogP contribution is -2.61. The number of unbranched alkanes of at least 4 members (excludes halogenated alkanes) is 1. The van der Waals surface area contributed by atoms with Gasteiger partial charge in [0.05, 0.1) is 32.1 Å². The predicted octanol–water partition coefficient (Wildman–Crippen LogP) is -5.40. The van der Waals surface area contributed by atoms with Crippen LogP contribution in [0, 0.1) is 5.92 Å². The van der Waals surface area contributed by atoms with Crippen molar-refractivity contribution < 1.29 is 73.2 Å². The van der Waals surface area contributed by atoms with E-state index < -0.39 is 152 Å². The van der Waals surface area contributed by atoms with Crippen molar-refractivity contribution in [3.8, 4) is 5.75 Å². The standard InChI is InChI=1S/C49H76N14O15S/c1-26(2)40(47(75)54-22-39(68)56-33(19-27-9-11-29(66)12-10-27)43(71)57-32(15-18-79-3)42(70)59-34(49(77)78)20-28-21-53-25-55-28)62-45(73)36(24-65)61-44(72)35(23-64)60-41(69)31(13-14-38(52)67)58-46(74)37-8-6-17-63(37)48(76)30(51)7-4-5-16-50/h9-12,21,25-26,30-37,40,64-66H,4-8,13-20,22-24,50-51H2,1-3H3,(H2,52,67)(H,53,55)(H,54,75)(H,56,68)(H,57,71)(H,58,74)(H,59,70)(H,60,69)(H,61,72)(H,62,73)(H,77,78)/t30-,31-,32-,33-,34-,35-,36-,37-,40-/m0/s1. The van der Waals surface area contributed by atoms with Crippen LogP contribution in [0.2, 0.25) is 0 Å². The smallest absolute Gasteiger partial charge is 0.326 e. The number of nitrogens with one attached hydrogen (secondary N) is 9. The number of hydrogen-bond acceptors (Lipinski definition) is 18. The van der Waals surface area contributed by atoms with E-state index in [1.807, 2.05) is 0 Å². The molecule has 1 aromatic heterocycles. The Hall–Kier alpha value is -7.41. The Balaban J connectivity index is 1.68. The third kappa shape index (κ3) is 22.1. The highest BCUT2D eigenvalue weighted by molar-refractivity contribution is 7.98. The minimum absolute atomic E-state index is 0.0624. The number of carboxylic acid groups (broad SMARTS) is 1. The quantitative estimate of drug-likeness (QED) is 0.0287. The number of aliphatic carboxylic acids is 1. The van der Waals surface area contributed by atoms with Crippen molar-refractivity contribution in [2.75, 3.05) is 44.9 Å². The summed E-state index contributed by atoms with van der Waals surface area (Å²) in [5.74, 6) is -10.7. The highest BCUT2D eigenvalue weighted by Gasteiger charge is 2.39. The molecule has 10 amide bonds. The molecular formula is C49H76N14O15S. The molecule has 19 N–H and O–H groups in total. The zero-order chi connectivity index (χ0) is 58.8. The molecule has 0 saturated carbocycles. The summed E-state index contributed by atoms with van der Waals surface area (Å²) in [5, 5.41) is 59.3. The van der Waals surface area contributed by atoms with Crippen LogP contribution in [-0.2, 0) is 65.6 Å². The number of aromatic hydroxyl groups is 1. The van der Waals surface area contributed by atoms with Gasteiger partial charge in [-0.25, -0.2) is 9.78 Å². The molecule has 0 radical (unpaired) electrons. The van der Waals surface area contributed by atoms with Crippen LogP contribution in [0.3, 0.4) is 0 Å². The summed E-state index contributed by atoms with van der Waals surface area (Å²) in [5.41, 5.74) is 17.9. The van der Waals surface area contributed by atoms with E-state index in [0.717, 1.165) is 0 Å². The van der Waals surface area contributed by atoms with Gasteiger partial charge in [0, 0.05) is 37.7 Å². The molecule has 79 heavy (non-hydrogen) atoms. The average Bonchev–Trinajstić information content (AvgIpc) is 4.13. The summed E-state index contributed by atoms with van der Waals surface area (Å²) in [6.07, 6.45) is 5.75. The van der Waals surface area contributed by atoms with Crippen molar-refractivity contribution in [1.82, 2.24) is 57.4 Å². The maximum absolute atomic E-state index is 13.9. The van der Waals surface area contributed by atoms with Gasteiger partial charge >= 0.3 is 5.97 Å². The maximum atomic E-state index is 13.9. The van der Waals surface area contributed by atoms with Crippen LogP contribution >= 0.6 is 11.8 Å². The molecular weight excluding hydrogens is 1060 g/mol. The molecule has 0 unspecified atom stereocenters. The number of aliphatic hydroxyl groups is 2. The molecule has 1 aromatic carbocycles. The molecule has 2 aromatic rings. The summed E-state index contributed by atoms with van der Waals surface area (Å²) >= 11 is 1.35.